The van der Waals surface area contributed by atoms with E-state index in [1.807, 2.05) is 6.07 Å². The molecule has 1 aromatic rings. The molecule has 0 aromatic heterocycles. The second kappa shape index (κ2) is 5.61. The van der Waals surface area contributed by atoms with Crippen LogP contribution < -0.4 is 0 Å². The molecule has 0 N–H and O–H groups in total. The van der Waals surface area contributed by atoms with E-state index in [0.29, 0.717) is 6.42 Å². The fourth-order valence-corrected chi connectivity index (χ4v) is 2.73. The van der Waals surface area contributed by atoms with E-state index in [1.165, 1.54) is 18.2 Å². The molecular weight excluding hydrogens is 229 g/mol. The van der Waals surface area contributed by atoms with Crippen molar-refractivity contribution in [1.82, 2.24) is 0 Å². The molecule has 0 atom stereocenters. The molecule has 0 unspecified atom stereocenters. The summed E-state index contributed by atoms with van der Waals surface area (Å²) in [6, 6.07) is 7.68. The van der Waals surface area contributed by atoms with Gasteiger partial charge in [0, 0.05) is 12.0 Å². The summed E-state index contributed by atoms with van der Waals surface area (Å²) in [7, 11) is -3.32. The molecule has 0 radical (unpaired) electrons. The van der Waals surface area contributed by atoms with Gasteiger partial charge in [0.25, 0.3) is 0 Å². The molecule has 0 spiro atoms. The molecule has 0 aliphatic heterocycles. The summed E-state index contributed by atoms with van der Waals surface area (Å²) in [4.78, 5) is 0. The lowest BCUT2D eigenvalue weighted by molar-refractivity contribution is 0.585. The third kappa shape index (κ3) is 3.99. The Morgan fingerprint density at radius 1 is 1.31 bits per heavy atom. The maximum Gasteiger partial charge on any atom is 0.154 e. The molecule has 0 saturated carbocycles. The van der Waals surface area contributed by atoms with Gasteiger partial charge in [0.1, 0.15) is 5.82 Å². The van der Waals surface area contributed by atoms with E-state index in [2.05, 4.69) is 0 Å². The van der Waals surface area contributed by atoms with Gasteiger partial charge >= 0.3 is 0 Å². The number of hydrogen-bond acceptors (Lipinski definition) is 3. The van der Waals surface area contributed by atoms with Crippen molar-refractivity contribution in [2.75, 3.05) is 5.75 Å². The van der Waals surface area contributed by atoms with E-state index >= 15 is 0 Å². The van der Waals surface area contributed by atoms with Crippen LogP contribution in [0.4, 0.5) is 4.39 Å². The van der Waals surface area contributed by atoms with Crippen LogP contribution in [-0.2, 0) is 15.6 Å². The van der Waals surface area contributed by atoms with Crippen LogP contribution in [0.25, 0.3) is 0 Å². The minimum atomic E-state index is -3.32. The van der Waals surface area contributed by atoms with Gasteiger partial charge in [0.15, 0.2) is 9.84 Å². The quantitative estimate of drug-likeness (QED) is 0.741. The lowest BCUT2D eigenvalue weighted by atomic mass is 10.2. The molecule has 3 nitrogen and oxygen atoms in total. The molecular formula is C11H12FNO2S. The minimum absolute atomic E-state index is 0.0745. The number of sulfone groups is 1. The Kier molecular flexibility index (Phi) is 4.44. The van der Waals surface area contributed by atoms with Crippen LogP contribution in [0.5, 0.6) is 0 Å². The number of nitrogens with zero attached hydrogens (tertiary/aromatic N) is 1. The Balaban J connectivity index is 2.67. The lowest BCUT2D eigenvalue weighted by Gasteiger charge is -2.04. The molecule has 0 heterocycles. The van der Waals surface area contributed by atoms with Gasteiger partial charge in [0.2, 0.25) is 0 Å². The Morgan fingerprint density at radius 3 is 2.62 bits per heavy atom. The number of unbranched alkanes of at least 4 members (excludes halogenated alkanes) is 1. The summed E-state index contributed by atoms with van der Waals surface area (Å²) < 4.78 is 36.3. The van der Waals surface area contributed by atoms with Crippen LogP contribution in [-0.4, -0.2) is 14.2 Å². The maximum absolute atomic E-state index is 13.2. The minimum Gasteiger partial charge on any atom is -0.228 e. The van der Waals surface area contributed by atoms with Gasteiger partial charge in [-0.3, -0.25) is 0 Å². The monoisotopic (exact) mass is 241 g/mol. The molecule has 1 rings (SSSR count). The smallest absolute Gasteiger partial charge is 0.154 e. The van der Waals surface area contributed by atoms with Crippen molar-refractivity contribution in [3.05, 3.63) is 35.6 Å². The molecule has 0 saturated heterocycles. The standard InChI is InChI=1S/C11H12FNO2S/c12-11-6-2-1-5-10(11)9-16(14,15)8-4-3-7-13/h1-2,5-6H,3-4,8-9H2. The number of nitriles is 1. The SMILES string of the molecule is N#CCCCS(=O)(=O)Cc1ccccc1F. The number of halogens is 1. The van der Waals surface area contributed by atoms with Gasteiger partial charge in [-0.25, -0.2) is 12.8 Å². The number of benzene rings is 1. The van der Waals surface area contributed by atoms with Gasteiger partial charge in [-0.05, 0) is 12.5 Å². The summed E-state index contributed by atoms with van der Waals surface area (Å²) in [6.45, 7) is 0. The first kappa shape index (κ1) is 12.7. The first-order valence-corrected chi connectivity index (χ1v) is 6.68. The summed E-state index contributed by atoms with van der Waals surface area (Å²) in [5, 5.41) is 8.29. The third-order valence-corrected chi connectivity index (χ3v) is 3.74. The number of rotatable bonds is 5. The van der Waals surface area contributed by atoms with Crippen molar-refractivity contribution in [3.8, 4) is 6.07 Å². The summed E-state index contributed by atoms with van der Waals surface area (Å²) in [5.74, 6) is -0.883. The molecule has 1 aromatic carbocycles. The first-order chi connectivity index (χ1) is 7.55. The topological polar surface area (TPSA) is 57.9 Å². The maximum atomic E-state index is 13.2. The Labute approximate surface area is 94.4 Å². The Morgan fingerprint density at radius 2 is 2.00 bits per heavy atom. The predicted octanol–water partition coefficient (Wildman–Crippen LogP) is 2.04. The van der Waals surface area contributed by atoms with Crippen molar-refractivity contribution in [2.45, 2.75) is 18.6 Å². The summed E-state index contributed by atoms with van der Waals surface area (Å²) >= 11 is 0. The van der Waals surface area contributed by atoms with Crippen molar-refractivity contribution < 1.29 is 12.8 Å². The van der Waals surface area contributed by atoms with Gasteiger partial charge in [-0.1, -0.05) is 18.2 Å². The zero-order valence-corrected chi connectivity index (χ0v) is 9.50. The van der Waals surface area contributed by atoms with Crippen molar-refractivity contribution in [3.63, 3.8) is 0 Å². The second-order valence-corrected chi connectivity index (χ2v) is 5.63. The normalized spacial score (nSPS) is 11.0. The highest BCUT2D eigenvalue weighted by Crippen LogP contribution is 2.12. The van der Waals surface area contributed by atoms with Crippen molar-refractivity contribution in [1.29, 1.82) is 5.26 Å². The zero-order valence-electron chi connectivity index (χ0n) is 8.69. The zero-order chi connectivity index (χ0) is 12.0. The van der Waals surface area contributed by atoms with Gasteiger partial charge in [-0.15, -0.1) is 0 Å². The first-order valence-electron chi connectivity index (χ1n) is 4.86. The molecule has 16 heavy (non-hydrogen) atoms. The molecule has 0 fully saturated rings. The van der Waals surface area contributed by atoms with E-state index in [4.69, 9.17) is 5.26 Å². The van der Waals surface area contributed by atoms with E-state index in [9.17, 15) is 12.8 Å². The van der Waals surface area contributed by atoms with Crippen molar-refractivity contribution >= 4 is 9.84 Å². The molecule has 0 aliphatic rings. The van der Waals surface area contributed by atoms with Crippen LogP contribution in [0.1, 0.15) is 18.4 Å². The van der Waals surface area contributed by atoms with Crippen LogP contribution in [0.3, 0.4) is 0 Å². The van der Waals surface area contributed by atoms with Crippen LogP contribution >= 0.6 is 0 Å². The second-order valence-electron chi connectivity index (χ2n) is 3.45. The van der Waals surface area contributed by atoms with Gasteiger partial charge < -0.3 is 0 Å². The molecule has 0 bridgehead atoms. The van der Waals surface area contributed by atoms with Crippen LogP contribution in [0.2, 0.25) is 0 Å². The van der Waals surface area contributed by atoms with E-state index < -0.39 is 15.7 Å². The van der Waals surface area contributed by atoms with E-state index in [1.54, 1.807) is 6.07 Å². The van der Waals surface area contributed by atoms with Crippen LogP contribution in [0.15, 0.2) is 24.3 Å². The average molecular weight is 241 g/mol. The number of hydrogen-bond donors (Lipinski definition) is 0. The molecule has 0 amide bonds. The highest BCUT2D eigenvalue weighted by molar-refractivity contribution is 7.90. The fraction of sp³-hybridized carbons (Fsp3) is 0.364. The Hall–Kier alpha value is -1.41. The Bertz CT molecular complexity index is 491. The van der Waals surface area contributed by atoms with E-state index in [0.717, 1.165) is 0 Å². The predicted molar refractivity (Wildman–Crippen MR) is 58.7 cm³/mol. The van der Waals surface area contributed by atoms with Gasteiger partial charge in [0.05, 0.1) is 17.6 Å². The van der Waals surface area contributed by atoms with E-state index in [-0.39, 0.29) is 23.5 Å². The van der Waals surface area contributed by atoms with Crippen molar-refractivity contribution in [2.24, 2.45) is 0 Å². The molecule has 86 valence electrons. The summed E-state index contributed by atoms with van der Waals surface area (Å²) in [5.41, 5.74) is 0.180. The van der Waals surface area contributed by atoms with Crippen LogP contribution in [0, 0.1) is 17.1 Å². The highest BCUT2D eigenvalue weighted by atomic mass is 32.2. The molecule has 0 aliphatic carbocycles. The largest absolute Gasteiger partial charge is 0.228 e. The lowest BCUT2D eigenvalue weighted by Crippen LogP contribution is -2.10. The fourth-order valence-electron chi connectivity index (χ4n) is 1.30. The summed E-state index contributed by atoms with van der Waals surface area (Å²) in [6.07, 6.45) is 0.504. The molecule has 5 heteroatoms. The van der Waals surface area contributed by atoms with Gasteiger partial charge in [-0.2, -0.15) is 5.26 Å². The third-order valence-electron chi connectivity index (χ3n) is 2.08. The highest BCUT2D eigenvalue weighted by Gasteiger charge is 2.13. The average Bonchev–Trinajstić information content (AvgIpc) is 2.21.